The number of aryl methyl sites for hydroxylation is 1. The third-order valence-electron chi connectivity index (χ3n) is 5.14. The number of rotatable bonds is 9. The van der Waals surface area contributed by atoms with E-state index >= 15 is 0 Å². The SMILES string of the molecule is CC(C)(CCCc1cccc(Oc2ccccc2)c1)c1ccc(OC(Cl)=C(Cl)Cl)cc1. The normalized spacial score (nSPS) is 11.1. The van der Waals surface area contributed by atoms with E-state index in [2.05, 4.69) is 38.1 Å². The van der Waals surface area contributed by atoms with Gasteiger partial charge in [0.05, 0.1) is 0 Å². The predicted molar refractivity (Wildman–Crippen MR) is 131 cm³/mol. The third-order valence-corrected chi connectivity index (χ3v) is 5.94. The van der Waals surface area contributed by atoms with Gasteiger partial charge < -0.3 is 9.47 Å². The highest BCUT2D eigenvalue weighted by Crippen LogP contribution is 2.32. The average Bonchev–Trinajstić information content (AvgIpc) is 2.75. The molecule has 162 valence electrons. The summed E-state index contributed by atoms with van der Waals surface area (Å²) < 4.78 is 11.3. The Morgan fingerprint density at radius 3 is 2.13 bits per heavy atom. The van der Waals surface area contributed by atoms with Crippen molar-refractivity contribution in [2.45, 2.75) is 38.5 Å². The van der Waals surface area contributed by atoms with Crippen LogP contribution in [0.25, 0.3) is 0 Å². The largest absolute Gasteiger partial charge is 0.457 e. The maximum absolute atomic E-state index is 5.95. The molecule has 0 N–H and O–H groups in total. The molecule has 3 aromatic carbocycles. The summed E-state index contributed by atoms with van der Waals surface area (Å²) in [6, 6.07) is 26.0. The molecule has 0 aliphatic carbocycles. The minimum atomic E-state index is -0.0932. The summed E-state index contributed by atoms with van der Waals surface area (Å²) in [6.45, 7) is 4.50. The predicted octanol–water partition coefficient (Wildman–Crippen LogP) is 9.00. The fraction of sp³-hybridized carbons (Fsp3) is 0.231. The van der Waals surface area contributed by atoms with E-state index in [0.717, 1.165) is 30.8 Å². The number of halogens is 3. The second-order valence-corrected chi connectivity index (χ2v) is 9.25. The average molecular weight is 476 g/mol. The highest BCUT2D eigenvalue weighted by molar-refractivity contribution is 6.59. The lowest BCUT2D eigenvalue weighted by atomic mass is 9.80. The molecule has 0 heterocycles. The van der Waals surface area contributed by atoms with Gasteiger partial charge in [0.25, 0.3) is 0 Å². The molecule has 0 saturated carbocycles. The van der Waals surface area contributed by atoms with Crippen molar-refractivity contribution in [1.29, 1.82) is 0 Å². The highest BCUT2D eigenvalue weighted by Gasteiger charge is 2.20. The molecule has 0 fully saturated rings. The molecule has 0 spiro atoms. The molecule has 0 saturated heterocycles. The number of para-hydroxylation sites is 1. The van der Waals surface area contributed by atoms with Crippen LogP contribution in [-0.2, 0) is 11.8 Å². The van der Waals surface area contributed by atoms with Crippen LogP contribution >= 0.6 is 34.8 Å². The summed E-state index contributed by atoms with van der Waals surface area (Å²) in [7, 11) is 0. The Bertz CT molecular complexity index is 1010. The lowest BCUT2D eigenvalue weighted by Crippen LogP contribution is -2.17. The zero-order valence-electron chi connectivity index (χ0n) is 17.6. The van der Waals surface area contributed by atoms with Crippen molar-refractivity contribution < 1.29 is 9.47 Å². The Morgan fingerprint density at radius 1 is 0.774 bits per heavy atom. The van der Waals surface area contributed by atoms with Crippen LogP contribution in [0.3, 0.4) is 0 Å². The van der Waals surface area contributed by atoms with Gasteiger partial charge >= 0.3 is 0 Å². The van der Waals surface area contributed by atoms with Crippen LogP contribution in [0.1, 0.15) is 37.8 Å². The summed E-state index contributed by atoms with van der Waals surface area (Å²) in [5.74, 6) is 2.31. The van der Waals surface area contributed by atoms with Crippen molar-refractivity contribution in [1.82, 2.24) is 0 Å². The smallest absolute Gasteiger partial charge is 0.224 e. The number of benzene rings is 3. The van der Waals surface area contributed by atoms with Crippen LogP contribution in [0, 0.1) is 0 Å². The minimum Gasteiger partial charge on any atom is -0.457 e. The topological polar surface area (TPSA) is 18.5 Å². The molecule has 5 heteroatoms. The van der Waals surface area contributed by atoms with Gasteiger partial charge in [0.2, 0.25) is 5.22 Å². The molecule has 3 rings (SSSR count). The first-order valence-corrected chi connectivity index (χ1v) is 11.3. The van der Waals surface area contributed by atoms with Gasteiger partial charge in [0.1, 0.15) is 17.2 Å². The maximum Gasteiger partial charge on any atom is 0.224 e. The van der Waals surface area contributed by atoms with E-state index in [1.807, 2.05) is 54.6 Å². The van der Waals surface area contributed by atoms with E-state index in [1.54, 1.807) is 0 Å². The molecule has 2 nitrogen and oxygen atoms in total. The summed E-state index contributed by atoms with van der Waals surface area (Å²) in [5.41, 5.74) is 2.53. The van der Waals surface area contributed by atoms with E-state index in [0.29, 0.717) is 5.75 Å². The molecule has 0 bridgehead atoms. The van der Waals surface area contributed by atoms with E-state index in [-0.39, 0.29) is 15.1 Å². The molecule has 3 aromatic rings. The zero-order valence-corrected chi connectivity index (χ0v) is 19.8. The van der Waals surface area contributed by atoms with Crippen molar-refractivity contribution in [3.63, 3.8) is 0 Å². The Balaban J connectivity index is 1.56. The van der Waals surface area contributed by atoms with Crippen LogP contribution in [-0.4, -0.2) is 0 Å². The molecular weight excluding hydrogens is 451 g/mol. The van der Waals surface area contributed by atoms with Crippen LogP contribution in [0.5, 0.6) is 17.2 Å². The lowest BCUT2D eigenvalue weighted by Gasteiger charge is -2.25. The Kier molecular flexibility index (Phi) is 8.31. The van der Waals surface area contributed by atoms with Crippen molar-refractivity contribution in [2.75, 3.05) is 0 Å². The second kappa shape index (κ2) is 10.9. The fourth-order valence-electron chi connectivity index (χ4n) is 3.38. The van der Waals surface area contributed by atoms with Gasteiger partial charge in [-0.05, 0) is 83.8 Å². The van der Waals surface area contributed by atoms with Gasteiger partial charge in [0.15, 0.2) is 4.49 Å². The van der Waals surface area contributed by atoms with Gasteiger partial charge in [-0.1, -0.05) is 79.5 Å². The van der Waals surface area contributed by atoms with Gasteiger partial charge in [0, 0.05) is 0 Å². The zero-order chi connectivity index (χ0) is 22.3. The second-order valence-electron chi connectivity index (χ2n) is 7.96. The van der Waals surface area contributed by atoms with Crippen molar-refractivity contribution >= 4 is 34.8 Å². The first-order valence-electron chi connectivity index (χ1n) is 10.1. The minimum absolute atomic E-state index is 0.0282. The summed E-state index contributed by atoms with van der Waals surface area (Å²) >= 11 is 17.1. The Morgan fingerprint density at radius 2 is 1.45 bits per heavy atom. The molecule has 0 unspecified atom stereocenters. The van der Waals surface area contributed by atoms with E-state index in [4.69, 9.17) is 44.3 Å². The number of hydrogen-bond acceptors (Lipinski definition) is 2. The third kappa shape index (κ3) is 7.21. The van der Waals surface area contributed by atoms with Crippen LogP contribution < -0.4 is 9.47 Å². The molecule has 31 heavy (non-hydrogen) atoms. The quantitative estimate of drug-likeness (QED) is 0.287. The van der Waals surface area contributed by atoms with Crippen molar-refractivity contribution in [2.24, 2.45) is 0 Å². The highest BCUT2D eigenvalue weighted by atomic mass is 35.5. The van der Waals surface area contributed by atoms with E-state index in [1.165, 1.54) is 11.1 Å². The van der Waals surface area contributed by atoms with Crippen LogP contribution in [0.15, 0.2) is 88.6 Å². The van der Waals surface area contributed by atoms with Gasteiger partial charge in [-0.25, -0.2) is 0 Å². The maximum atomic E-state index is 5.95. The number of ether oxygens (including phenoxy) is 2. The standard InChI is InChI=1S/C26H25Cl3O2/c1-26(2,20-13-15-22(16-14-20)31-25(29)24(27)28)17-7-9-19-8-6-12-23(18-19)30-21-10-4-3-5-11-21/h3-6,8,10-16,18H,7,9,17H2,1-2H3. The number of hydrogen-bond donors (Lipinski definition) is 0. The first kappa shape index (κ1) is 23.5. The van der Waals surface area contributed by atoms with Crippen LogP contribution in [0.4, 0.5) is 0 Å². The Hall–Kier alpha value is -2.13. The first-order chi connectivity index (χ1) is 14.8. The summed E-state index contributed by atoms with van der Waals surface area (Å²) in [4.78, 5) is 0. The summed E-state index contributed by atoms with van der Waals surface area (Å²) in [5, 5.41) is -0.0335. The molecular formula is C26H25Cl3O2. The Labute approximate surface area is 199 Å². The molecule has 0 atom stereocenters. The van der Waals surface area contributed by atoms with Gasteiger partial charge in [-0.15, -0.1) is 0 Å². The van der Waals surface area contributed by atoms with Crippen molar-refractivity contribution in [3.8, 4) is 17.2 Å². The summed E-state index contributed by atoms with van der Waals surface area (Å²) in [6.07, 6.45) is 3.10. The molecule has 0 aliphatic heterocycles. The van der Waals surface area contributed by atoms with E-state index in [9.17, 15) is 0 Å². The molecule has 0 amide bonds. The fourth-order valence-corrected chi connectivity index (χ4v) is 3.55. The lowest BCUT2D eigenvalue weighted by molar-refractivity contribution is 0.451. The molecule has 0 aromatic heterocycles. The van der Waals surface area contributed by atoms with Gasteiger partial charge in [-0.3, -0.25) is 0 Å². The van der Waals surface area contributed by atoms with Crippen LogP contribution in [0.2, 0.25) is 0 Å². The molecule has 0 aliphatic rings. The monoisotopic (exact) mass is 474 g/mol. The van der Waals surface area contributed by atoms with E-state index < -0.39 is 0 Å². The molecule has 0 radical (unpaired) electrons. The van der Waals surface area contributed by atoms with Gasteiger partial charge in [-0.2, -0.15) is 0 Å². The van der Waals surface area contributed by atoms with Crippen molar-refractivity contribution in [3.05, 3.63) is 99.7 Å².